The normalized spacial score (nSPS) is 10.8. The molecule has 0 radical (unpaired) electrons. The summed E-state index contributed by atoms with van der Waals surface area (Å²) >= 11 is 11.9. The molecule has 0 aliphatic rings. The number of hydrogen-bond acceptors (Lipinski definition) is 1. The van der Waals surface area contributed by atoms with Gasteiger partial charge in [-0.05, 0) is 36.7 Å². The third kappa shape index (κ3) is 4.17. The SMILES string of the molecule is Fc1ccc(CNCCc2ccc(Cl)cc2Cl)c(F)c1. The van der Waals surface area contributed by atoms with Crippen LogP contribution in [0, 0.1) is 11.6 Å². The second kappa shape index (κ2) is 7.02. The largest absolute Gasteiger partial charge is 0.312 e. The van der Waals surface area contributed by atoms with Crippen molar-refractivity contribution >= 4 is 23.2 Å². The van der Waals surface area contributed by atoms with Crippen LogP contribution < -0.4 is 5.32 Å². The predicted molar refractivity (Wildman–Crippen MR) is 78.2 cm³/mol. The zero-order chi connectivity index (χ0) is 14.5. The van der Waals surface area contributed by atoms with Crippen molar-refractivity contribution in [1.82, 2.24) is 5.32 Å². The van der Waals surface area contributed by atoms with E-state index < -0.39 is 11.6 Å². The van der Waals surface area contributed by atoms with E-state index in [2.05, 4.69) is 5.32 Å². The van der Waals surface area contributed by atoms with E-state index in [9.17, 15) is 8.78 Å². The first-order valence-electron chi connectivity index (χ1n) is 6.15. The molecule has 2 rings (SSSR count). The van der Waals surface area contributed by atoms with Gasteiger partial charge in [-0.25, -0.2) is 8.78 Å². The third-order valence-corrected chi connectivity index (χ3v) is 3.50. The minimum Gasteiger partial charge on any atom is -0.312 e. The number of hydrogen-bond donors (Lipinski definition) is 1. The Morgan fingerprint density at radius 2 is 1.70 bits per heavy atom. The van der Waals surface area contributed by atoms with Crippen LogP contribution in [0.1, 0.15) is 11.1 Å². The number of rotatable bonds is 5. The maximum Gasteiger partial charge on any atom is 0.130 e. The lowest BCUT2D eigenvalue weighted by molar-refractivity contribution is 0.560. The van der Waals surface area contributed by atoms with Crippen molar-refractivity contribution < 1.29 is 8.78 Å². The van der Waals surface area contributed by atoms with Crippen molar-refractivity contribution in [3.63, 3.8) is 0 Å². The highest BCUT2D eigenvalue weighted by molar-refractivity contribution is 6.35. The van der Waals surface area contributed by atoms with Gasteiger partial charge in [0.05, 0.1) is 0 Å². The maximum absolute atomic E-state index is 13.4. The minimum atomic E-state index is -0.570. The van der Waals surface area contributed by atoms with Gasteiger partial charge in [0.25, 0.3) is 0 Å². The lowest BCUT2D eigenvalue weighted by Crippen LogP contribution is -2.17. The summed E-state index contributed by atoms with van der Waals surface area (Å²) in [6.07, 6.45) is 0.707. The Labute approximate surface area is 126 Å². The summed E-state index contributed by atoms with van der Waals surface area (Å²) in [5.74, 6) is -1.11. The van der Waals surface area contributed by atoms with Gasteiger partial charge >= 0.3 is 0 Å². The first-order chi connectivity index (χ1) is 9.56. The van der Waals surface area contributed by atoms with Crippen molar-refractivity contribution in [2.45, 2.75) is 13.0 Å². The molecule has 0 amide bonds. The van der Waals surface area contributed by atoms with Gasteiger partial charge in [-0.3, -0.25) is 0 Å². The van der Waals surface area contributed by atoms with Crippen LogP contribution in [0.3, 0.4) is 0 Å². The molecule has 5 heteroatoms. The highest BCUT2D eigenvalue weighted by Crippen LogP contribution is 2.21. The molecular formula is C15H13Cl2F2N. The summed E-state index contributed by atoms with van der Waals surface area (Å²) in [6, 6.07) is 8.90. The Balaban J connectivity index is 1.84. The first-order valence-corrected chi connectivity index (χ1v) is 6.90. The number of benzene rings is 2. The van der Waals surface area contributed by atoms with Gasteiger partial charge in [0.2, 0.25) is 0 Å². The molecule has 2 aromatic rings. The molecule has 0 heterocycles. The molecule has 20 heavy (non-hydrogen) atoms. The van der Waals surface area contributed by atoms with Crippen molar-refractivity contribution in [3.05, 3.63) is 69.2 Å². The molecule has 0 saturated carbocycles. The van der Waals surface area contributed by atoms with Gasteiger partial charge in [-0.15, -0.1) is 0 Å². The molecule has 0 unspecified atom stereocenters. The van der Waals surface area contributed by atoms with Crippen molar-refractivity contribution in [3.8, 4) is 0 Å². The first kappa shape index (κ1) is 15.2. The molecule has 1 N–H and O–H groups in total. The number of halogens is 4. The Morgan fingerprint density at radius 3 is 2.40 bits per heavy atom. The fourth-order valence-corrected chi connectivity index (χ4v) is 2.34. The fraction of sp³-hybridized carbons (Fsp3) is 0.200. The summed E-state index contributed by atoms with van der Waals surface area (Å²) in [7, 11) is 0. The zero-order valence-corrected chi connectivity index (χ0v) is 12.1. The Kier molecular flexibility index (Phi) is 5.35. The fourth-order valence-electron chi connectivity index (χ4n) is 1.84. The molecule has 0 aliphatic heterocycles. The zero-order valence-electron chi connectivity index (χ0n) is 10.6. The summed E-state index contributed by atoms with van der Waals surface area (Å²) < 4.78 is 26.1. The quantitative estimate of drug-likeness (QED) is 0.795. The van der Waals surface area contributed by atoms with E-state index in [0.29, 0.717) is 35.1 Å². The van der Waals surface area contributed by atoms with Crippen LogP contribution in [0.5, 0.6) is 0 Å². The average molecular weight is 316 g/mol. The van der Waals surface area contributed by atoms with E-state index in [1.54, 1.807) is 12.1 Å². The van der Waals surface area contributed by atoms with E-state index in [-0.39, 0.29) is 0 Å². The summed E-state index contributed by atoms with van der Waals surface area (Å²) in [5.41, 5.74) is 1.41. The molecule has 0 atom stereocenters. The molecule has 0 spiro atoms. The van der Waals surface area contributed by atoms with E-state index in [4.69, 9.17) is 23.2 Å². The van der Waals surface area contributed by atoms with Crippen LogP contribution >= 0.6 is 23.2 Å². The van der Waals surface area contributed by atoms with E-state index in [1.807, 2.05) is 6.07 Å². The lowest BCUT2D eigenvalue weighted by atomic mass is 10.1. The van der Waals surface area contributed by atoms with Crippen LogP contribution in [0.15, 0.2) is 36.4 Å². The standard InChI is InChI=1S/C15H13Cl2F2N/c16-12-3-1-10(14(17)7-12)5-6-20-9-11-2-4-13(18)8-15(11)19/h1-4,7-8,20H,5-6,9H2. The van der Waals surface area contributed by atoms with Gasteiger partial charge in [-0.2, -0.15) is 0 Å². The highest BCUT2D eigenvalue weighted by atomic mass is 35.5. The van der Waals surface area contributed by atoms with Gasteiger partial charge < -0.3 is 5.32 Å². The molecule has 106 valence electrons. The Bertz CT molecular complexity index is 549. The molecule has 0 saturated heterocycles. The van der Waals surface area contributed by atoms with Crippen molar-refractivity contribution in [1.29, 1.82) is 0 Å². The highest BCUT2D eigenvalue weighted by Gasteiger charge is 2.04. The van der Waals surface area contributed by atoms with Crippen molar-refractivity contribution in [2.24, 2.45) is 0 Å². The minimum absolute atomic E-state index is 0.345. The van der Waals surface area contributed by atoms with E-state index in [1.165, 1.54) is 12.1 Å². The van der Waals surface area contributed by atoms with Crippen molar-refractivity contribution in [2.75, 3.05) is 6.54 Å². The molecule has 0 bridgehead atoms. The molecule has 0 aromatic heterocycles. The Hall–Kier alpha value is -1.16. The van der Waals surface area contributed by atoms with Gasteiger partial charge in [-0.1, -0.05) is 35.3 Å². The van der Waals surface area contributed by atoms with Crippen LogP contribution in [0.25, 0.3) is 0 Å². The predicted octanol–water partition coefficient (Wildman–Crippen LogP) is 4.60. The molecule has 0 fully saturated rings. The summed E-state index contributed by atoms with van der Waals surface area (Å²) in [6.45, 7) is 0.982. The molecule has 0 aliphatic carbocycles. The molecule has 2 aromatic carbocycles. The third-order valence-electron chi connectivity index (χ3n) is 2.92. The summed E-state index contributed by atoms with van der Waals surface area (Å²) in [5, 5.41) is 4.31. The monoisotopic (exact) mass is 315 g/mol. The van der Waals surface area contributed by atoms with Crippen LogP contribution in [-0.2, 0) is 13.0 Å². The van der Waals surface area contributed by atoms with Crippen LogP contribution in [0.2, 0.25) is 10.0 Å². The van der Waals surface area contributed by atoms with E-state index in [0.717, 1.165) is 11.6 Å². The second-order valence-corrected chi connectivity index (χ2v) is 5.24. The van der Waals surface area contributed by atoms with Gasteiger partial charge in [0.15, 0.2) is 0 Å². The smallest absolute Gasteiger partial charge is 0.130 e. The maximum atomic E-state index is 13.4. The van der Waals surface area contributed by atoms with Crippen LogP contribution in [0.4, 0.5) is 8.78 Å². The van der Waals surface area contributed by atoms with E-state index >= 15 is 0 Å². The molecule has 1 nitrogen and oxygen atoms in total. The number of nitrogens with one attached hydrogen (secondary N) is 1. The summed E-state index contributed by atoms with van der Waals surface area (Å²) in [4.78, 5) is 0. The average Bonchev–Trinajstić information content (AvgIpc) is 2.39. The van der Waals surface area contributed by atoms with Gasteiger partial charge in [0, 0.05) is 28.2 Å². The Morgan fingerprint density at radius 1 is 0.950 bits per heavy atom. The molecular weight excluding hydrogens is 303 g/mol. The lowest BCUT2D eigenvalue weighted by Gasteiger charge is -2.08. The van der Waals surface area contributed by atoms with Gasteiger partial charge in [0.1, 0.15) is 11.6 Å². The topological polar surface area (TPSA) is 12.0 Å². The second-order valence-electron chi connectivity index (χ2n) is 4.40. The van der Waals surface area contributed by atoms with Crippen LogP contribution in [-0.4, -0.2) is 6.54 Å².